The fourth-order valence-corrected chi connectivity index (χ4v) is 2.85. The number of nitrogens with zero attached hydrogens (tertiary/aromatic N) is 2. The smallest absolute Gasteiger partial charge is 0.193 e. The van der Waals surface area contributed by atoms with Crippen molar-refractivity contribution in [3.8, 4) is 0 Å². The lowest BCUT2D eigenvalue weighted by molar-refractivity contribution is 0.152. The minimum Gasteiger partial charge on any atom is -0.380 e. The van der Waals surface area contributed by atoms with E-state index in [0.29, 0.717) is 0 Å². The molecule has 124 valence electrons. The van der Waals surface area contributed by atoms with Gasteiger partial charge < -0.3 is 15.0 Å². The van der Waals surface area contributed by atoms with Gasteiger partial charge in [-0.2, -0.15) is 0 Å². The van der Waals surface area contributed by atoms with Gasteiger partial charge in [0, 0.05) is 33.3 Å². The van der Waals surface area contributed by atoms with Gasteiger partial charge in [-0.15, -0.1) is 24.0 Å². The minimum absolute atomic E-state index is 0. The lowest BCUT2D eigenvalue weighted by Gasteiger charge is -2.21. The molecule has 1 aromatic carbocycles. The third-order valence-corrected chi connectivity index (χ3v) is 3.90. The normalized spacial score (nSPS) is 18.2. The van der Waals surface area contributed by atoms with Crippen LogP contribution in [0.1, 0.15) is 18.9 Å². The lowest BCUT2D eigenvalue weighted by Crippen LogP contribution is -2.41. The molecule has 1 aromatic rings. The summed E-state index contributed by atoms with van der Waals surface area (Å²) in [6, 6.07) is 10.8. The molecule has 1 fully saturated rings. The number of rotatable bonds is 6. The van der Waals surface area contributed by atoms with E-state index in [9.17, 15) is 0 Å². The number of ether oxygens (including phenoxy) is 1. The minimum atomic E-state index is 0. The first kappa shape index (κ1) is 19.2. The molecule has 0 bridgehead atoms. The molecule has 0 saturated carbocycles. The molecular formula is C17H28IN3O. The number of nitrogens with one attached hydrogen (secondary N) is 1. The van der Waals surface area contributed by atoms with Gasteiger partial charge in [0.15, 0.2) is 5.96 Å². The van der Waals surface area contributed by atoms with Crippen LogP contribution in [-0.4, -0.2) is 50.8 Å². The number of likely N-dealkylation sites (tertiary alicyclic amines) is 1. The van der Waals surface area contributed by atoms with Crippen LogP contribution in [0.4, 0.5) is 0 Å². The standard InChI is InChI=1S/C17H27N3O.HI/c1-3-21-12-10-19-17(18-2)20-11-9-16(14-20)13-15-7-5-4-6-8-15;/h4-8,16H,3,9-14H2,1-2H3,(H,18,19);1H. The maximum atomic E-state index is 5.36. The van der Waals surface area contributed by atoms with Crippen LogP contribution in [0, 0.1) is 5.92 Å². The Morgan fingerprint density at radius 1 is 1.36 bits per heavy atom. The van der Waals surface area contributed by atoms with Crippen molar-refractivity contribution < 1.29 is 4.74 Å². The maximum Gasteiger partial charge on any atom is 0.193 e. The molecule has 4 nitrogen and oxygen atoms in total. The lowest BCUT2D eigenvalue weighted by atomic mass is 9.99. The summed E-state index contributed by atoms with van der Waals surface area (Å²) < 4.78 is 5.36. The zero-order valence-corrected chi connectivity index (χ0v) is 16.0. The zero-order chi connectivity index (χ0) is 14.9. The predicted molar refractivity (Wildman–Crippen MR) is 103 cm³/mol. The van der Waals surface area contributed by atoms with Crippen LogP contribution in [0.5, 0.6) is 0 Å². The number of guanidine groups is 1. The Labute approximate surface area is 151 Å². The van der Waals surface area contributed by atoms with Gasteiger partial charge in [-0.1, -0.05) is 30.3 Å². The average Bonchev–Trinajstić information content (AvgIpc) is 2.97. The van der Waals surface area contributed by atoms with E-state index in [4.69, 9.17) is 4.74 Å². The summed E-state index contributed by atoms with van der Waals surface area (Å²) in [6.45, 7) is 6.51. The van der Waals surface area contributed by atoms with E-state index in [1.54, 1.807) is 0 Å². The summed E-state index contributed by atoms with van der Waals surface area (Å²) in [5, 5.41) is 3.38. The van der Waals surface area contributed by atoms with Crippen molar-refractivity contribution in [2.45, 2.75) is 19.8 Å². The summed E-state index contributed by atoms with van der Waals surface area (Å²) in [4.78, 5) is 6.75. The van der Waals surface area contributed by atoms with Crippen LogP contribution >= 0.6 is 24.0 Å². The van der Waals surface area contributed by atoms with Crippen molar-refractivity contribution in [3.63, 3.8) is 0 Å². The van der Waals surface area contributed by atoms with Gasteiger partial charge in [-0.25, -0.2) is 0 Å². The first-order chi connectivity index (χ1) is 10.3. The van der Waals surface area contributed by atoms with Gasteiger partial charge in [0.05, 0.1) is 6.61 Å². The first-order valence-electron chi connectivity index (χ1n) is 7.90. The summed E-state index contributed by atoms with van der Waals surface area (Å²) in [6.07, 6.45) is 2.40. The van der Waals surface area contributed by atoms with Crippen LogP contribution in [0.15, 0.2) is 35.3 Å². The van der Waals surface area contributed by atoms with Gasteiger partial charge in [-0.05, 0) is 31.2 Å². The number of aliphatic imine (C=N–C) groups is 1. The topological polar surface area (TPSA) is 36.9 Å². The SMILES string of the molecule is CCOCCNC(=NC)N1CCC(Cc2ccccc2)C1.I. The van der Waals surface area contributed by atoms with Crippen molar-refractivity contribution >= 4 is 29.9 Å². The van der Waals surface area contributed by atoms with E-state index >= 15 is 0 Å². The summed E-state index contributed by atoms with van der Waals surface area (Å²) >= 11 is 0. The van der Waals surface area contributed by atoms with Crippen LogP contribution in [0.25, 0.3) is 0 Å². The Morgan fingerprint density at radius 3 is 2.82 bits per heavy atom. The largest absolute Gasteiger partial charge is 0.380 e. The second-order valence-corrected chi connectivity index (χ2v) is 5.46. The fourth-order valence-electron chi connectivity index (χ4n) is 2.85. The number of halogens is 1. The van der Waals surface area contributed by atoms with E-state index in [1.807, 2.05) is 14.0 Å². The second-order valence-electron chi connectivity index (χ2n) is 5.46. The van der Waals surface area contributed by atoms with E-state index in [1.165, 1.54) is 12.0 Å². The van der Waals surface area contributed by atoms with Crippen LogP contribution < -0.4 is 5.32 Å². The van der Waals surface area contributed by atoms with Crippen LogP contribution in [0.2, 0.25) is 0 Å². The molecule has 1 unspecified atom stereocenters. The molecule has 0 amide bonds. The summed E-state index contributed by atoms with van der Waals surface area (Å²) in [7, 11) is 1.85. The number of hydrogen-bond donors (Lipinski definition) is 1. The van der Waals surface area contributed by atoms with Crippen molar-refractivity contribution in [1.82, 2.24) is 10.2 Å². The van der Waals surface area contributed by atoms with Gasteiger partial charge in [-0.3, -0.25) is 4.99 Å². The highest BCUT2D eigenvalue weighted by molar-refractivity contribution is 14.0. The molecule has 1 atom stereocenters. The van der Waals surface area contributed by atoms with Crippen molar-refractivity contribution in [1.29, 1.82) is 0 Å². The molecule has 1 aliphatic heterocycles. The molecule has 0 aliphatic carbocycles. The molecule has 0 aromatic heterocycles. The van der Waals surface area contributed by atoms with Crippen LogP contribution in [-0.2, 0) is 11.2 Å². The Morgan fingerprint density at radius 2 is 2.14 bits per heavy atom. The predicted octanol–water partition coefficient (Wildman–Crippen LogP) is 2.78. The molecule has 1 N–H and O–H groups in total. The second kappa shape index (κ2) is 10.8. The number of benzene rings is 1. The van der Waals surface area contributed by atoms with E-state index < -0.39 is 0 Å². The van der Waals surface area contributed by atoms with Gasteiger partial charge in [0.2, 0.25) is 0 Å². The molecule has 0 radical (unpaired) electrons. The van der Waals surface area contributed by atoms with Crippen molar-refractivity contribution in [2.24, 2.45) is 10.9 Å². The molecule has 1 saturated heterocycles. The molecule has 0 spiro atoms. The highest BCUT2D eigenvalue weighted by atomic mass is 127. The summed E-state index contributed by atoms with van der Waals surface area (Å²) in [5.74, 6) is 1.73. The average molecular weight is 417 g/mol. The quantitative estimate of drug-likeness (QED) is 0.335. The third kappa shape index (κ3) is 6.12. The Kier molecular flexibility index (Phi) is 9.47. The third-order valence-electron chi connectivity index (χ3n) is 3.90. The van der Waals surface area contributed by atoms with Crippen molar-refractivity contribution in [2.75, 3.05) is 39.9 Å². The van der Waals surface area contributed by atoms with E-state index in [2.05, 4.69) is 45.5 Å². The fraction of sp³-hybridized carbons (Fsp3) is 0.588. The summed E-state index contributed by atoms with van der Waals surface area (Å²) in [5.41, 5.74) is 1.43. The molecule has 1 aliphatic rings. The highest BCUT2D eigenvalue weighted by Crippen LogP contribution is 2.20. The monoisotopic (exact) mass is 417 g/mol. The Hall–Kier alpha value is -0.820. The molecular weight excluding hydrogens is 389 g/mol. The molecule has 1 heterocycles. The van der Waals surface area contributed by atoms with Crippen LogP contribution in [0.3, 0.4) is 0 Å². The Balaban J connectivity index is 0.00000242. The maximum absolute atomic E-state index is 5.36. The molecule has 22 heavy (non-hydrogen) atoms. The van der Waals surface area contributed by atoms with Gasteiger partial charge in [0.25, 0.3) is 0 Å². The van der Waals surface area contributed by atoms with Gasteiger partial charge >= 0.3 is 0 Å². The molecule has 5 heteroatoms. The first-order valence-corrected chi connectivity index (χ1v) is 7.90. The Bertz CT molecular complexity index is 439. The van der Waals surface area contributed by atoms with E-state index in [-0.39, 0.29) is 24.0 Å². The zero-order valence-electron chi connectivity index (χ0n) is 13.6. The van der Waals surface area contributed by atoms with Crippen molar-refractivity contribution in [3.05, 3.63) is 35.9 Å². The number of hydrogen-bond acceptors (Lipinski definition) is 2. The van der Waals surface area contributed by atoms with E-state index in [0.717, 1.165) is 51.1 Å². The molecule has 2 rings (SSSR count). The highest BCUT2D eigenvalue weighted by Gasteiger charge is 2.24. The van der Waals surface area contributed by atoms with Gasteiger partial charge in [0.1, 0.15) is 0 Å².